The van der Waals surface area contributed by atoms with E-state index in [0.29, 0.717) is 0 Å². The zero-order valence-electron chi connectivity index (χ0n) is 29.6. The predicted octanol–water partition coefficient (Wildman–Crippen LogP) is 14.9. The van der Waals surface area contributed by atoms with Crippen molar-refractivity contribution in [1.29, 1.82) is 0 Å². The van der Waals surface area contributed by atoms with Gasteiger partial charge in [-0.3, -0.25) is 0 Å². The molecule has 2 heteroatoms. The van der Waals surface area contributed by atoms with Gasteiger partial charge in [-0.05, 0) is 104 Å². The van der Waals surface area contributed by atoms with E-state index in [1.165, 1.54) is 33.0 Å². The number of benzene rings is 9. The Labute approximate surface area is 314 Å². The quantitative estimate of drug-likeness (QED) is 0.166. The fourth-order valence-electron chi connectivity index (χ4n) is 7.71. The van der Waals surface area contributed by atoms with Crippen molar-refractivity contribution in [3.8, 4) is 44.5 Å². The van der Waals surface area contributed by atoms with Gasteiger partial charge in [0, 0.05) is 27.7 Å². The number of furan rings is 1. The van der Waals surface area contributed by atoms with E-state index in [2.05, 4.69) is 205 Å². The Bertz CT molecular complexity index is 2920. The van der Waals surface area contributed by atoms with Crippen LogP contribution in [0.3, 0.4) is 0 Å². The minimum Gasteiger partial charge on any atom is -0.456 e. The van der Waals surface area contributed by atoms with Crippen LogP contribution < -0.4 is 4.90 Å². The molecule has 2 nitrogen and oxygen atoms in total. The first-order chi connectivity index (χ1) is 26.7. The van der Waals surface area contributed by atoms with Gasteiger partial charge in [0.1, 0.15) is 11.2 Å². The fraction of sp³-hybridized carbons (Fsp3) is 0. The third-order valence-electron chi connectivity index (χ3n) is 10.5. The Morgan fingerprint density at radius 3 is 1.74 bits per heavy atom. The highest BCUT2D eigenvalue weighted by Crippen LogP contribution is 2.43. The first-order valence-electron chi connectivity index (χ1n) is 18.4. The van der Waals surface area contributed by atoms with Crippen molar-refractivity contribution < 1.29 is 4.42 Å². The summed E-state index contributed by atoms with van der Waals surface area (Å²) in [5.41, 5.74) is 14.4. The van der Waals surface area contributed by atoms with Crippen LogP contribution in [0.1, 0.15) is 0 Å². The van der Waals surface area contributed by atoms with E-state index in [4.69, 9.17) is 4.42 Å². The van der Waals surface area contributed by atoms with E-state index in [9.17, 15) is 0 Å². The molecule has 0 saturated carbocycles. The summed E-state index contributed by atoms with van der Waals surface area (Å²) in [7, 11) is 0. The second-order valence-electron chi connectivity index (χ2n) is 13.8. The summed E-state index contributed by atoms with van der Waals surface area (Å²) in [5, 5.41) is 4.75. The summed E-state index contributed by atoms with van der Waals surface area (Å²) in [6.07, 6.45) is 0. The third-order valence-corrected chi connectivity index (χ3v) is 10.5. The topological polar surface area (TPSA) is 16.4 Å². The molecule has 0 N–H and O–H groups in total. The molecule has 10 aromatic rings. The summed E-state index contributed by atoms with van der Waals surface area (Å²) in [5.74, 6) is 0. The molecule has 0 aliphatic rings. The Balaban J connectivity index is 1.08. The van der Waals surface area contributed by atoms with Gasteiger partial charge in [-0.2, -0.15) is 0 Å². The van der Waals surface area contributed by atoms with Crippen LogP contribution in [0.4, 0.5) is 17.1 Å². The number of anilines is 3. The lowest BCUT2D eigenvalue weighted by molar-refractivity contribution is 0.669. The molecule has 0 unspecified atom stereocenters. The number of para-hydroxylation sites is 2. The number of nitrogens with zero attached hydrogens (tertiary/aromatic N) is 1. The molecule has 0 aliphatic heterocycles. The van der Waals surface area contributed by atoms with Crippen molar-refractivity contribution >= 4 is 49.8 Å². The Hall–Kier alpha value is -7.16. The van der Waals surface area contributed by atoms with E-state index >= 15 is 0 Å². The molecule has 10 rings (SSSR count). The van der Waals surface area contributed by atoms with Crippen molar-refractivity contribution in [2.45, 2.75) is 0 Å². The molecule has 9 aromatic carbocycles. The van der Waals surface area contributed by atoms with Crippen LogP contribution >= 0.6 is 0 Å². The Morgan fingerprint density at radius 2 is 0.870 bits per heavy atom. The summed E-state index contributed by atoms with van der Waals surface area (Å²) >= 11 is 0. The highest BCUT2D eigenvalue weighted by molar-refractivity contribution is 6.06. The molecule has 1 aromatic heterocycles. The zero-order valence-corrected chi connectivity index (χ0v) is 29.6. The largest absolute Gasteiger partial charge is 0.456 e. The standard InChI is InChI=1S/C52H35NO/c1-2-11-36(12-3-1)38-21-24-40(25-22-38)47-17-6-8-19-50(47)53(46-16-10-15-42(34-46)43-26-23-37-13-4-5-14-41(37)33-43)45-30-27-39(28-31-45)44-29-32-49-48-18-7-9-20-51(48)54-52(49)35-44/h1-35H. The maximum atomic E-state index is 6.24. The van der Waals surface area contributed by atoms with Gasteiger partial charge in [-0.25, -0.2) is 0 Å². The van der Waals surface area contributed by atoms with Gasteiger partial charge in [0.25, 0.3) is 0 Å². The molecule has 0 atom stereocenters. The first kappa shape index (κ1) is 31.6. The number of hydrogen-bond donors (Lipinski definition) is 0. The number of fused-ring (bicyclic) bond motifs is 4. The van der Waals surface area contributed by atoms with Crippen LogP contribution in [0.2, 0.25) is 0 Å². The summed E-state index contributed by atoms with van der Waals surface area (Å²) in [6.45, 7) is 0. The average Bonchev–Trinajstić information content (AvgIpc) is 3.63. The SMILES string of the molecule is c1ccc(-c2ccc(-c3ccccc3N(c3ccc(-c4ccc5c(c4)oc4ccccc45)cc3)c3cccc(-c4ccc5ccccc5c4)c3)cc2)cc1. The van der Waals surface area contributed by atoms with Crippen LogP contribution in [-0.2, 0) is 0 Å². The molecule has 54 heavy (non-hydrogen) atoms. The molecular weight excluding hydrogens is 655 g/mol. The molecule has 0 aliphatic carbocycles. The molecule has 0 fully saturated rings. The maximum absolute atomic E-state index is 6.24. The van der Waals surface area contributed by atoms with E-state index in [1.54, 1.807) is 0 Å². The van der Waals surface area contributed by atoms with Crippen LogP contribution in [-0.4, -0.2) is 0 Å². The van der Waals surface area contributed by atoms with Crippen LogP contribution in [0.15, 0.2) is 217 Å². The molecule has 0 spiro atoms. The van der Waals surface area contributed by atoms with Crippen LogP contribution in [0.5, 0.6) is 0 Å². The monoisotopic (exact) mass is 689 g/mol. The summed E-state index contributed by atoms with van der Waals surface area (Å²) in [4.78, 5) is 2.39. The predicted molar refractivity (Wildman–Crippen MR) is 228 cm³/mol. The second kappa shape index (κ2) is 13.4. The normalized spacial score (nSPS) is 11.3. The molecule has 0 saturated heterocycles. The highest BCUT2D eigenvalue weighted by Gasteiger charge is 2.18. The van der Waals surface area contributed by atoms with E-state index in [0.717, 1.165) is 61.3 Å². The van der Waals surface area contributed by atoms with Gasteiger partial charge in [0.2, 0.25) is 0 Å². The first-order valence-corrected chi connectivity index (χ1v) is 18.4. The number of rotatable bonds is 7. The van der Waals surface area contributed by atoms with Crippen LogP contribution in [0, 0.1) is 0 Å². The lowest BCUT2D eigenvalue weighted by atomic mass is 9.97. The van der Waals surface area contributed by atoms with Gasteiger partial charge in [-0.15, -0.1) is 0 Å². The Morgan fingerprint density at radius 1 is 0.296 bits per heavy atom. The number of hydrogen-bond acceptors (Lipinski definition) is 2. The third kappa shape index (κ3) is 5.81. The van der Waals surface area contributed by atoms with Crippen molar-refractivity contribution in [1.82, 2.24) is 0 Å². The van der Waals surface area contributed by atoms with E-state index in [-0.39, 0.29) is 0 Å². The van der Waals surface area contributed by atoms with E-state index < -0.39 is 0 Å². The summed E-state index contributed by atoms with van der Waals surface area (Å²) in [6, 6.07) is 76.0. The molecular formula is C52H35NO. The van der Waals surface area contributed by atoms with Gasteiger partial charge in [-0.1, -0.05) is 158 Å². The van der Waals surface area contributed by atoms with Crippen molar-refractivity contribution in [2.24, 2.45) is 0 Å². The second-order valence-corrected chi connectivity index (χ2v) is 13.8. The van der Waals surface area contributed by atoms with E-state index in [1.807, 2.05) is 12.1 Å². The molecule has 0 bridgehead atoms. The van der Waals surface area contributed by atoms with Gasteiger partial charge in [0.15, 0.2) is 0 Å². The van der Waals surface area contributed by atoms with Crippen molar-refractivity contribution in [3.05, 3.63) is 212 Å². The zero-order chi connectivity index (χ0) is 35.8. The minimum absolute atomic E-state index is 0.900. The highest BCUT2D eigenvalue weighted by atomic mass is 16.3. The molecule has 0 radical (unpaired) electrons. The maximum Gasteiger partial charge on any atom is 0.136 e. The minimum atomic E-state index is 0.900. The van der Waals surface area contributed by atoms with Crippen molar-refractivity contribution in [3.63, 3.8) is 0 Å². The summed E-state index contributed by atoms with van der Waals surface area (Å²) < 4.78 is 6.24. The smallest absolute Gasteiger partial charge is 0.136 e. The average molecular weight is 690 g/mol. The Kier molecular flexibility index (Phi) is 7.85. The van der Waals surface area contributed by atoms with Gasteiger partial charge in [0.05, 0.1) is 5.69 Å². The van der Waals surface area contributed by atoms with Gasteiger partial charge >= 0.3 is 0 Å². The van der Waals surface area contributed by atoms with Gasteiger partial charge < -0.3 is 9.32 Å². The van der Waals surface area contributed by atoms with Crippen LogP contribution in [0.25, 0.3) is 77.2 Å². The van der Waals surface area contributed by atoms with Crippen molar-refractivity contribution in [2.75, 3.05) is 4.90 Å². The fourth-order valence-corrected chi connectivity index (χ4v) is 7.71. The molecule has 0 amide bonds. The lowest BCUT2D eigenvalue weighted by Crippen LogP contribution is -2.11. The lowest BCUT2D eigenvalue weighted by Gasteiger charge is -2.28. The molecule has 254 valence electrons. The molecule has 1 heterocycles.